The van der Waals surface area contributed by atoms with Crippen molar-refractivity contribution in [1.29, 1.82) is 0 Å². The summed E-state index contributed by atoms with van der Waals surface area (Å²) in [6.45, 7) is 4.73. The maximum Gasteiger partial charge on any atom is 0.409 e. The van der Waals surface area contributed by atoms with Gasteiger partial charge in [0.2, 0.25) is 11.8 Å². The molecule has 0 atom stereocenters. The molecule has 1 fully saturated rings. The Labute approximate surface area is 158 Å². The third-order valence-corrected chi connectivity index (χ3v) is 4.45. The minimum Gasteiger partial charge on any atom is -0.450 e. The predicted molar refractivity (Wildman–Crippen MR) is 98.8 cm³/mol. The summed E-state index contributed by atoms with van der Waals surface area (Å²) < 4.78 is 18.4. The maximum atomic E-state index is 13.4. The second-order valence-electron chi connectivity index (χ2n) is 6.43. The van der Waals surface area contributed by atoms with E-state index in [0.29, 0.717) is 38.2 Å². The van der Waals surface area contributed by atoms with Gasteiger partial charge in [0, 0.05) is 44.7 Å². The number of nitrogens with one attached hydrogen (secondary N) is 1. The van der Waals surface area contributed by atoms with Crippen LogP contribution in [0.25, 0.3) is 0 Å². The lowest BCUT2D eigenvalue weighted by molar-refractivity contribution is -0.122. The number of benzene rings is 1. The molecule has 1 aromatic carbocycles. The van der Waals surface area contributed by atoms with Crippen molar-refractivity contribution in [2.24, 2.45) is 0 Å². The van der Waals surface area contributed by atoms with Gasteiger partial charge in [0.25, 0.3) is 0 Å². The summed E-state index contributed by atoms with van der Waals surface area (Å²) >= 11 is 0. The molecule has 0 spiro atoms. The number of nitrogens with zero attached hydrogens (tertiary/aromatic N) is 2. The highest BCUT2D eigenvalue weighted by molar-refractivity contribution is 5.92. The average molecular weight is 379 g/mol. The highest BCUT2D eigenvalue weighted by Gasteiger charge is 2.24. The lowest BCUT2D eigenvalue weighted by Gasteiger charge is -2.31. The lowest BCUT2D eigenvalue weighted by atomic mass is 10.1. The van der Waals surface area contributed by atoms with Crippen molar-refractivity contribution < 1.29 is 23.5 Å². The molecule has 1 aromatic rings. The maximum absolute atomic E-state index is 13.4. The zero-order valence-corrected chi connectivity index (χ0v) is 15.7. The zero-order valence-electron chi connectivity index (χ0n) is 15.7. The first kappa shape index (κ1) is 20.7. The third kappa shape index (κ3) is 6.23. The van der Waals surface area contributed by atoms with E-state index in [0.717, 1.165) is 0 Å². The minimum absolute atomic E-state index is 0.0110. The molecule has 1 heterocycles. The molecule has 1 N–H and O–H groups in total. The average Bonchev–Trinajstić information content (AvgIpc) is 2.62. The summed E-state index contributed by atoms with van der Waals surface area (Å²) in [6, 6.07) is 5.72. The van der Waals surface area contributed by atoms with Gasteiger partial charge in [-0.25, -0.2) is 9.18 Å². The number of amides is 3. The first-order chi connectivity index (χ1) is 12.9. The van der Waals surface area contributed by atoms with E-state index >= 15 is 0 Å². The van der Waals surface area contributed by atoms with Crippen molar-refractivity contribution in [3.8, 4) is 0 Å². The molecule has 0 aliphatic carbocycles. The molecular formula is C19H26FN3O4. The van der Waals surface area contributed by atoms with Crippen LogP contribution in [0.15, 0.2) is 24.3 Å². The Morgan fingerprint density at radius 1 is 1.30 bits per heavy atom. The van der Waals surface area contributed by atoms with Crippen molar-refractivity contribution >= 4 is 23.6 Å². The fourth-order valence-corrected chi connectivity index (χ4v) is 3.05. The quantitative estimate of drug-likeness (QED) is 0.823. The molecule has 0 unspecified atom stereocenters. The monoisotopic (exact) mass is 379 g/mol. The van der Waals surface area contributed by atoms with Gasteiger partial charge in [-0.3, -0.25) is 9.59 Å². The van der Waals surface area contributed by atoms with E-state index in [9.17, 15) is 18.8 Å². The number of carbonyl (C=O) groups is 3. The molecule has 148 valence electrons. The van der Waals surface area contributed by atoms with Crippen LogP contribution in [0.1, 0.15) is 33.1 Å². The van der Waals surface area contributed by atoms with Gasteiger partial charge in [-0.05, 0) is 38.0 Å². The first-order valence-corrected chi connectivity index (χ1v) is 9.15. The molecular weight excluding hydrogens is 353 g/mol. The highest BCUT2D eigenvalue weighted by atomic mass is 19.1. The first-order valence-electron chi connectivity index (χ1n) is 9.15. The number of ether oxygens (including phenoxy) is 1. The van der Waals surface area contributed by atoms with Crippen molar-refractivity contribution in [3.05, 3.63) is 30.1 Å². The summed E-state index contributed by atoms with van der Waals surface area (Å²) in [6.07, 6.45) is 1.11. The third-order valence-electron chi connectivity index (χ3n) is 4.45. The van der Waals surface area contributed by atoms with Gasteiger partial charge in [-0.2, -0.15) is 0 Å². The van der Waals surface area contributed by atoms with Gasteiger partial charge in [-0.15, -0.1) is 0 Å². The number of rotatable bonds is 6. The van der Waals surface area contributed by atoms with Crippen LogP contribution in [-0.4, -0.2) is 55.1 Å². The van der Waals surface area contributed by atoms with Crippen LogP contribution in [0, 0.1) is 5.82 Å². The molecule has 0 bridgehead atoms. The number of likely N-dealkylation sites (tertiary alicyclic amines) is 1. The largest absolute Gasteiger partial charge is 0.450 e. The van der Waals surface area contributed by atoms with Gasteiger partial charge in [-0.1, -0.05) is 6.07 Å². The lowest BCUT2D eigenvalue weighted by Crippen LogP contribution is -2.47. The summed E-state index contributed by atoms with van der Waals surface area (Å²) in [5.74, 6) is -0.861. The topological polar surface area (TPSA) is 79.0 Å². The van der Waals surface area contributed by atoms with Crippen LogP contribution in [0.5, 0.6) is 0 Å². The second kappa shape index (κ2) is 9.89. The van der Waals surface area contributed by atoms with Crippen molar-refractivity contribution in [2.75, 3.05) is 31.1 Å². The fourth-order valence-electron chi connectivity index (χ4n) is 3.05. The molecule has 1 aliphatic rings. The molecule has 2 rings (SSSR count). The number of halogens is 1. The van der Waals surface area contributed by atoms with Gasteiger partial charge in [0.1, 0.15) is 5.82 Å². The minimum atomic E-state index is -0.434. The standard InChI is InChI=1S/C19H26FN3O4/c1-3-27-19(26)22-10-7-16(8-11-22)21-18(25)9-12-23(14(2)24)17-6-4-5-15(20)13-17/h4-6,13,16H,3,7-12H2,1-2H3,(H,21,25). The van der Waals surface area contributed by atoms with Crippen LogP contribution in [0.4, 0.5) is 14.9 Å². The number of hydrogen-bond acceptors (Lipinski definition) is 4. The van der Waals surface area contributed by atoms with Crippen LogP contribution in [0.2, 0.25) is 0 Å². The van der Waals surface area contributed by atoms with E-state index < -0.39 is 5.82 Å². The smallest absolute Gasteiger partial charge is 0.409 e. The Balaban J connectivity index is 1.80. The molecule has 8 heteroatoms. The molecule has 7 nitrogen and oxygen atoms in total. The number of hydrogen-bond donors (Lipinski definition) is 1. The fraction of sp³-hybridized carbons (Fsp3) is 0.526. The normalized spacial score (nSPS) is 14.6. The van der Waals surface area contributed by atoms with Crippen LogP contribution < -0.4 is 10.2 Å². The Bertz CT molecular complexity index is 675. The van der Waals surface area contributed by atoms with E-state index in [1.54, 1.807) is 17.9 Å². The number of carbonyl (C=O) groups excluding carboxylic acids is 3. The Kier molecular flexibility index (Phi) is 7.57. The molecule has 3 amide bonds. The molecule has 0 radical (unpaired) electrons. The number of piperidine rings is 1. The van der Waals surface area contributed by atoms with Crippen LogP contribution in [0.3, 0.4) is 0 Å². The van der Waals surface area contributed by atoms with Crippen molar-refractivity contribution in [2.45, 2.75) is 39.2 Å². The summed E-state index contributed by atoms with van der Waals surface area (Å²) in [7, 11) is 0. The summed E-state index contributed by atoms with van der Waals surface area (Å²) in [4.78, 5) is 38.8. The van der Waals surface area contributed by atoms with Gasteiger partial charge in [0.15, 0.2) is 0 Å². The van der Waals surface area contributed by atoms with Crippen LogP contribution >= 0.6 is 0 Å². The van der Waals surface area contributed by atoms with E-state index in [-0.39, 0.29) is 36.9 Å². The van der Waals surface area contributed by atoms with Gasteiger partial charge < -0.3 is 19.9 Å². The van der Waals surface area contributed by atoms with Gasteiger partial charge in [0.05, 0.1) is 6.61 Å². The summed E-state index contributed by atoms with van der Waals surface area (Å²) in [5.41, 5.74) is 0.429. The Hall–Kier alpha value is -2.64. The van der Waals surface area contributed by atoms with Crippen LogP contribution in [-0.2, 0) is 14.3 Å². The zero-order chi connectivity index (χ0) is 19.8. The van der Waals surface area contributed by atoms with Crippen molar-refractivity contribution in [3.63, 3.8) is 0 Å². The molecule has 27 heavy (non-hydrogen) atoms. The Morgan fingerprint density at radius 3 is 2.59 bits per heavy atom. The molecule has 0 saturated carbocycles. The van der Waals surface area contributed by atoms with Crippen molar-refractivity contribution in [1.82, 2.24) is 10.2 Å². The molecule has 1 saturated heterocycles. The molecule has 0 aromatic heterocycles. The highest BCUT2D eigenvalue weighted by Crippen LogP contribution is 2.16. The summed E-state index contributed by atoms with van der Waals surface area (Å²) in [5, 5.41) is 2.94. The second-order valence-corrected chi connectivity index (χ2v) is 6.43. The van der Waals surface area contributed by atoms with E-state index in [1.165, 1.54) is 30.0 Å². The molecule has 1 aliphatic heterocycles. The Morgan fingerprint density at radius 2 is 2.00 bits per heavy atom. The number of anilines is 1. The van der Waals surface area contributed by atoms with E-state index in [1.807, 2.05) is 0 Å². The SMILES string of the molecule is CCOC(=O)N1CCC(NC(=O)CCN(C(C)=O)c2cccc(F)c2)CC1. The van der Waals surface area contributed by atoms with E-state index in [4.69, 9.17) is 4.74 Å². The predicted octanol–water partition coefficient (Wildman–Crippen LogP) is 2.31. The van der Waals surface area contributed by atoms with E-state index in [2.05, 4.69) is 5.32 Å². The van der Waals surface area contributed by atoms with Gasteiger partial charge >= 0.3 is 6.09 Å².